The van der Waals surface area contributed by atoms with Crippen molar-refractivity contribution in [1.82, 2.24) is 5.01 Å². The highest BCUT2D eigenvalue weighted by molar-refractivity contribution is 6.25. The number of amides is 3. The summed E-state index contributed by atoms with van der Waals surface area (Å²) >= 11 is 0. The van der Waals surface area contributed by atoms with E-state index in [2.05, 4.69) is 15.7 Å². The maximum absolute atomic E-state index is 13.1. The van der Waals surface area contributed by atoms with Crippen LogP contribution in [0.15, 0.2) is 46.7 Å². The Morgan fingerprint density at radius 3 is 2.43 bits per heavy atom. The number of nitrogens with zero attached hydrogens (tertiary/aromatic N) is 4. The van der Waals surface area contributed by atoms with Gasteiger partial charge in [0.15, 0.2) is 12.1 Å². The monoisotopic (exact) mass is 405 g/mol. The number of carbonyl (C=O) groups excluding carboxylic acids is 3. The summed E-state index contributed by atoms with van der Waals surface area (Å²) in [5, 5.41) is 12.1. The van der Waals surface area contributed by atoms with E-state index < -0.39 is 23.9 Å². The smallest absolute Gasteiger partial charge is 0.263 e. The Morgan fingerprint density at radius 1 is 0.967 bits per heavy atom. The third-order valence-electron chi connectivity index (χ3n) is 5.58. The summed E-state index contributed by atoms with van der Waals surface area (Å²) in [6.07, 6.45) is 0. The van der Waals surface area contributed by atoms with Crippen LogP contribution in [0.1, 0.15) is 22.3 Å². The van der Waals surface area contributed by atoms with Crippen molar-refractivity contribution in [2.45, 2.75) is 39.8 Å². The van der Waals surface area contributed by atoms with Crippen molar-refractivity contribution in [3.8, 4) is 0 Å². The standard InChI is InChI=1S/C22H23N5O3/c1-12-5-6-14(3)17(9-12)23-18(28)11-26-20-19(24-25-26)21(29)27(22(20)30)16-8-7-13(2)15(4)10-16/h5-10,19-20H,11H2,1-4H3,(H,23,28)/t19-,20+/m1/s1. The molecule has 1 saturated heterocycles. The van der Waals surface area contributed by atoms with Crippen LogP contribution in [0.4, 0.5) is 11.4 Å². The molecule has 8 nitrogen and oxygen atoms in total. The summed E-state index contributed by atoms with van der Waals surface area (Å²) in [6, 6.07) is 9.38. The van der Waals surface area contributed by atoms with Gasteiger partial charge in [0.25, 0.3) is 11.8 Å². The van der Waals surface area contributed by atoms with Crippen molar-refractivity contribution < 1.29 is 14.4 Å². The molecule has 2 aromatic rings. The second-order valence-electron chi connectivity index (χ2n) is 7.84. The lowest BCUT2D eigenvalue weighted by Gasteiger charge is -2.21. The summed E-state index contributed by atoms with van der Waals surface area (Å²) < 4.78 is 0. The van der Waals surface area contributed by atoms with E-state index in [9.17, 15) is 14.4 Å². The fourth-order valence-corrected chi connectivity index (χ4v) is 3.68. The van der Waals surface area contributed by atoms with Crippen molar-refractivity contribution in [3.05, 3.63) is 58.7 Å². The topological polar surface area (TPSA) is 94.4 Å². The predicted octanol–water partition coefficient (Wildman–Crippen LogP) is 2.85. The summed E-state index contributed by atoms with van der Waals surface area (Å²) in [5.74, 6) is -1.17. The molecule has 2 atom stereocenters. The van der Waals surface area contributed by atoms with E-state index in [0.717, 1.165) is 27.2 Å². The largest absolute Gasteiger partial charge is 0.324 e. The van der Waals surface area contributed by atoms with Gasteiger partial charge in [-0.2, -0.15) is 5.11 Å². The summed E-state index contributed by atoms with van der Waals surface area (Å²) in [7, 11) is 0. The van der Waals surface area contributed by atoms with Gasteiger partial charge in [0.1, 0.15) is 6.54 Å². The fourth-order valence-electron chi connectivity index (χ4n) is 3.68. The Labute approximate surface area is 174 Å². The van der Waals surface area contributed by atoms with Crippen LogP contribution in [0.2, 0.25) is 0 Å². The molecule has 1 N–H and O–H groups in total. The lowest BCUT2D eigenvalue weighted by Crippen LogP contribution is -2.43. The summed E-state index contributed by atoms with van der Waals surface area (Å²) in [5.41, 5.74) is 5.23. The number of imide groups is 1. The second kappa shape index (κ2) is 7.37. The number of nitrogens with one attached hydrogen (secondary N) is 1. The van der Waals surface area contributed by atoms with Crippen molar-refractivity contribution in [2.75, 3.05) is 16.8 Å². The first-order valence-electron chi connectivity index (χ1n) is 9.76. The molecule has 1 fully saturated rings. The first kappa shape index (κ1) is 19.8. The van der Waals surface area contributed by atoms with Gasteiger partial charge >= 0.3 is 0 Å². The zero-order valence-electron chi connectivity index (χ0n) is 17.3. The lowest BCUT2D eigenvalue weighted by molar-refractivity contribution is -0.123. The van der Waals surface area contributed by atoms with E-state index in [1.165, 1.54) is 5.01 Å². The molecule has 0 saturated carbocycles. The maximum Gasteiger partial charge on any atom is 0.263 e. The van der Waals surface area contributed by atoms with Crippen molar-refractivity contribution >= 4 is 29.1 Å². The zero-order chi connectivity index (χ0) is 21.6. The minimum Gasteiger partial charge on any atom is -0.324 e. The van der Waals surface area contributed by atoms with Crippen molar-refractivity contribution in [2.24, 2.45) is 10.3 Å². The minimum atomic E-state index is -0.924. The van der Waals surface area contributed by atoms with Gasteiger partial charge in [-0.25, -0.2) is 4.90 Å². The molecule has 0 aromatic heterocycles. The van der Waals surface area contributed by atoms with E-state index in [1.54, 1.807) is 12.1 Å². The number of benzene rings is 2. The van der Waals surface area contributed by atoms with Gasteiger partial charge in [-0.15, -0.1) is 0 Å². The first-order valence-corrected chi connectivity index (χ1v) is 9.76. The molecule has 4 rings (SSSR count). The van der Waals surface area contributed by atoms with Crippen LogP contribution in [0.5, 0.6) is 0 Å². The number of hydrogen-bond donors (Lipinski definition) is 1. The number of carbonyl (C=O) groups is 3. The molecule has 30 heavy (non-hydrogen) atoms. The number of fused-ring (bicyclic) bond motifs is 1. The van der Waals surface area contributed by atoms with Crippen LogP contribution in [-0.4, -0.2) is 41.4 Å². The highest BCUT2D eigenvalue weighted by Crippen LogP contribution is 2.32. The lowest BCUT2D eigenvalue weighted by atomic mass is 10.1. The molecule has 0 radical (unpaired) electrons. The molecule has 2 aliphatic rings. The number of rotatable bonds is 4. The fraction of sp³-hybridized carbons (Fsp3) is 0.318. The van der Waals surface area contributed by atoms with Crippen LogP contribution in [-0.2, 0) is 14.4 Å². The van der Waals surface area contributed by atoms with E-state index in [-0.39, 0.29) is 12.5 Å². The SMILES string of the molecule is Cc1ccc(C)c(NC(=O)CN2N=N[C@H]3C(=O)N(c4ccc(C)c(C)c4)C(=O)[C@H]32)c1. The van der Waals surface area contributed by atoms with Gasteiger partial charge in [-0.05, 0) is 68.1 Å². The van der Waals surface area contributed by atoms with Crippen LogP contribution in [0, 0.1) is 27.7 Å². The van der Waals surface area contributed by atoms with E-state index in [0.29, 0.717) is 11.4 Å². The minimum absolute atomic E-state index is 0.169. The molecular weight excluding hydrogens is 382 g/mol. The Bertz CT molecular complexity index is 1090. The molecular formula is C22H23N5O3. The molecule has 0 unspecified atom stereocenters. The Balaban J connectivity index is 1.51. The number of anilines is 2. The summed E-state index contributed by atoms with van der Waals surface area (Å²) in [4.78, 5) is 39.6. The number of aryl methyl sites for hydroxylation is 4. The molecule has 2 aromatic carbocycles. The highest BCUT2D eigenvalue weighted by atomic mass is 16.2. The van der Waals surface area contributed by atoms with Crippen LogP contribution >= 0.6 is 0 Å². The quantitative estimate of drug-likeness (QED) is 0.792. The second-order valence-corrected chi connectivity index (χ2v) is 7.84. The Kier molecular flexibility index (Phi) is 4.85. The van der Waals surface area contributed by atoms with E-state index in [1.807, 2.05) is 52.0 Å². The van der Waals surface area contributed by atoms with Gasteiger partial charge in [-0.1, -0.05) is 23.4 Å². The Morgan fingerprint density at radius 2 is 1.70 bits per heavy atom. The predicted molar refractivity (Wildman–Crippen MR) is 112 cm³/mol. The molecule has 0 spiro atoms. The zero-order valence-corrected chi connectivity index (χ0v) is 17.3. The average Bonchev–Trinajstić information content (AvgIpc) is 3.21. The molecule has 2 heterocycles. The Hall–Kier alpha value is -3.55. The third-order valence-corrected chi connectivity index (χ3v) is 5.58. The van der Waals surface area contributed by atoms with Crippen LogP contribution in [0.3, 0.4) is 0 Å². The van der Waals surface area contributed by atoms with Crippen LogP contribution in [0.25, 0.3) is 0 Å². The van der Waals surface area contributed by atoms with Crippen molar-refractivity contribution in [1.29, 1.82) is 0 Å². The average molecular weight is 405 g/mol. The van der Waals surface area contributed by atoms with E-state index in [4.69, 9.17) is 0 Å². The normalized spacial score (nSPS) is 20.1. The van der Waals surface area contributed by atoms with Crippen molar-refractivity contribution in [3.63, 3.8) is 0 Å². The molecule has 8 heteroatoms. The van der Waals surface area contributed by atoms with Gasteiger partial charge in [0.05, 0.1) is 5.69 Å². The van der Waals surface area contributed by atoms with Gasteiger partial charge in [-0.3, -0.25) is 19.4 Å². The molecule has 2 aliphatic heterocycles. The van der Waals surface area contributed by atoms with Gasteiger partial charge in [0.2, 0.25) is 5.91 Å². The highest BCUT2D eigenvalue weighted by Gasteiger charge is 2.55. The van der Waals surface area contributed by atoms with Crippen LogP contribution < -0.4 is 10.2 Å². The van der Waals surface area contributed by atoms with Gasteiger partial charge in [0, 0.05) is 5.69 Å². The number of hydrogen-bond acceptors (Lipinski definition) is 6. The summed E-state index contributed by atoms with van der Waals surface area (Å²) in [6.45, 7) is 7.57. The third kappa shape index (κ3) is 3.34. The first-order chi connectivity index (χ1) is 14.3. The van der Waals surface area contributed by atoms with Gasteiger partial charge < -0.3 is 5.32 Å². The molecule has 0 bridgehead atoms. The molecule has 3 amide bonds. The maximum atomic E-state index is 13.1. The molecule has 0 aliphatic carbocycles. The van der Waals surface area contributed by atoms with E-state index >= 15 is 0 Å². The molecule has 154 valence electrons.